The van der Waals surface area contributed by atoms with Gasteiger partial charge in [0.15, 0.2) is 8.32 Å². The van der Waals surface area contributed by atoms with Gasteiger partial charge in [0, 0.05) is 17.7 Å². The van der Waals surface area contributed by atoms with Gasteiger partial charge in [-0.25, -0.2) is 0 Å². The monoisotopic (exact) mass is 862 g/mol. The van der Waals surface area contributed by atoms with Gasteiger partial charge in [0.05, 0.1) is 26.4 Å². The first-order valence-corrected chi connectivity index (χ1v) is 23.3. The molecule has 0 amide bonds. The fourth-order valence-electron chi connectivity index (χ4n) is 6.95. The molecule has 1 saturated heterocycles. The van der Waals surface area contributed by atoms with E-state index in [9.17, 15) is 13.2 Å². The summed E-state index contributed by atoms with van der Waals surface area (Å²) < 4.78 is 84.5. The third kappa shape index (κ3) is 11.7. The van der Waals surface area contributed by atoms with Crippen LogP contribution in [0, 0.1) is 0 Å². The number of methoxy groups -OCH3 is 1. The van der Waals surface area contributed by atoms with Crippen molar-refractivity contribution in [1.29, 1.82) is 0 Å². The number of rotatable bonds is 17. The van der Waals surface area contributed by atoms with Crippen molar-refractivity contribution < 1.29 is 46.0 Å². The molecular formula is C48H54ClF3O7Si. The van der Waals surface area contributed by atoms with Crippen molar-refractivity contribution in [3.05, 3.63) is 172 Å². The Balaban J connectivity index is 1.46. The Hall–Kier alpha value is -4.04. The highest BCUT2D eigenvalue weighted by atomic mass is 35.5. The van der Waals surface area contributed by atoms with E-state index in [2.05, 4.69) is 38.6 Å². The zero-order valence-electron chi connectivity index (χ0n) is 34.9. The normalized spacial score (nSPS) is 21.2. The van der Waals surface area contributed by atoms with Gasteiger partial charge in [-0.2, -0.15) is 0 Å². The second-order valence-corrected chi connectivity index (χ2v) is 21.7. The summed E-state index contributed by atoms with van der Waals surface area (Å²) in [4.78, 5) is 0. The number of halogens is 4. The molecule has 5 atom stereocenters. The van der Waals surface area contributed by atoms with Crippen molar-refractivity contribution in [1.82, 2.24) is 0 Å². The van der Waals surface area contributed by atoms with E-state index < -0.39 is 44.9 Å². The van der Waals surface area contributed by atoms with Gasteiger partial charge >= 0.3 is 6.36 Å². The lowest BCUT2D eigenvalue weighted by molar-refractivity contribution is -0.384. The largest absolute Gasteiger partial charge is 0.573 e. The molecule has 5 aromatic carbocycles. The van der Waals surface area contributed by atoms with Gasteiger partial charge in [-0.15, -0.1) is 13.2 Å². The zero-order chi connectivity index (χ0) is 43.0. The molecule has 1 fully saturated rings. The highest BCUT2D eigenvalue weighted by molar-refractivity contribution is 6.74. The maximum atomic E-state index is 12.9. The van der Waals surface area contributed by atoms with E-state index >= 15 is 0 Å². The van der Waals surface area contributed by atoms with E-state index in [1.807, 2.05) is 103 Å². The summed E-state index contributed by atoms with van der Waals surface area (Å²) in [7, 11) is -0.744. The number of benzene rings is 5. The van der Waals surface area contributed by atoms with Crippen LogP contribution in [0.3, 0.4) is 0 Å². The number of hydrogen-bond donors (Lipinski definition) is 0. The Bertz CT molecular complexity index is 2080. The minimum Gasteiger partial charge on any atom is -0.414 e. The molecule has 1 unspecified atom stereocenters. The molecule has 0 radical (unpaired) electrons. The van der Waals surface area contributed by atoms with Crippen molar-refractivity contribution >= 4 is 19.9 Å². The maximum absolute atomic E-state index is 12.9. The van der Waals surface area contributed by atoms with Gasteiger partial charge in [0.2, 0.25) is 5.79 Å². The number of ether oxygens (including phenoxy) is 6. The molecule has 0 bridgehead atoms. The van der Waals surface area contributed by atoms with Crippen molar-refractivity contribution in [2.75, 3.05) is 13.7 Å². The number of alkyl halides is 3. The Kier molecular flexibility index (Phi) is 15.0. The lowest BCUT2D eigenvalue weighted by atomic mass is 9.86. The standard InChI is InChI=1S/C48H54ClF3O7Si/c1-46(2,3)60(5,6)57-33-42-43(54-30-35-16-10-7-11-17-35)44(55-31-36-18-12-8-13-19-36)45(56-32-37-20-14-9-15-21-37)47(53-4,59-42)39-24-27-41(49)38(29-39)28-34-22-25-40(26-23-34)58-48(50,51)52/h7-27,29,42-45H,28,30-33H2,1-6H3/t42-,43-,44+,45?,47+/m1/s1. The van der Waals surface area contributed by atoms with E-state index in [0.29, 0.717) is 22.6 Å². The summed E-state index contributed by atoms with van der Waals surface area (Å²) in [6.07, 6.45) is -7.58. The topological polar surface area (TPSA) is 64.6 Å². The summed E-state index contributed by atoms with van der Waals surface area (Å²) in [6, 6.07) is 40.9. The Morgan fingerprint density at radius 1 is 0.667 bits per heavy atom. The summed E-state index contributed by atoms with van der Waals surface area (Å²) in [5.74, 6) is -1.90. The lowest BCUT2D eigenvalue weighted by Crippen LogP contribution is -2.66. The molecule has 7 nitrogen and oxygen atoms in total. The Labute approximate surface area is 357 Å². The summed E-state index contributed by atoms with van der Waals surface area (Å²) in [6.45, 7) is 11.9. The van der Waals surface area contributed by atoms with Crippen LogP contribution in [0.5, 0.6) is 5.75 Å². The lowest BCUT2D eigenvalue weighted by Gasteiger charge is -2.52. The third-order valence-corrected chi connectivity index (χ3v) is 16.1. The van der Waals surface area contributed by atoms with E-state index in [1.54, 1.807) is 25.3 Å². The fraction of sp³-hybridized carbons (Fsp3) is 0.375. The van der Waals surface area contributed by atoms with Crippen molar-refractivity contribution in [2.24, 2.45) is 0 Å². The molecule has 0 aliphatic carbocycles. The molecule has 60 heavy (non-hydrogen) atoms. The van der Waals surface area contributed by atoms with Crippen molar-refractivity contribution in [3.63, 3.8) is 0 Å². The van der Waals surface area contributed by atoms with Crippen LogP contribution in [0.1, 0.15) is 54.2 Å². The predicted molar refractivity (Wildman–Crippen MR) is 229 cm³/mol. The zero-order valence-corrected chi connectivity index (χ0v) is 36.7. The second-order valence-electron chi connectivity index (χ2n) is 16.5. The van der Waals surface area contributed by atoms with E-state index in [0.717, 1.165) is 22.3 Å². The Morgan fingerprint density at radius 3 is 1.68 bits per heavy atom. The average Bonchev–Trinajstić information content (AvgIpc) is 3.22. The molecule has 0 saturated carbocycles. The van der Waals surface area contributed by atoms with Gasteiger partial charge in [0.25, 0.3) is 0 Å². The maximum Gasteiger partial charge on any atom is 0.573 e. The van der Waals surface area contributed by atoms with Gasteiger partial charge < -0.3 is 32.8 Å². The van der Waals surface area contributed by atoms with Crippen LogP contribution >= 0.6 is 11.6 Å². The van der Waals surface area contributed by atoms with Crippen LogP contribution in [0.15, 0.2) is 133 Å². The predicted octanol–water partition coefficient (Wildman–Crippen LogP) is 11.8. The second kappa shape index (κ2) is 19.8. The molecule has 5 aromatic rings. The first-order valence-electron chi connectivity index (χ1n) is 20.0. The summed E-state index contributed by atoms with van der Waals surface area (Å²) in [5.41, 5.74) is 4.89. The highest BCUT2D eigenvalue weighted by Gasteiger charge is 2.59. The van der Waals surface area contributed by atoms with Crippen LogP contribution in [0.25, 0.3) is 0 Å². The SMILES string of the molecule is CO[C@@]1(c2ccc(Cl)c(Cc3ccc(OC(F)(F)F)cc3)c2)O[C@H](CO[Si](C)(C)C(C)(C)C)[C@@H](OCc2ccccc2)[C@H](OCc2ccccc2)C1OCc1ccccc1. The first kappa shape index (κ1) is 45.5. The Morgan fingerprint density at radius 2 is 1.18 bits per heavy atom. The fourth-order valence-corrected chi connectivity index (χ4v) is 8.15. The molecule has 1 aliphatic rings. The van der Waals surface area contributed by atoms with Gasteiger partial charge in [-0.1, -0.05) is 142 Å². The highest BCUT2D eigenvalue weighted by Crippen LogP contribution is 2.46. The molecule has 12 heteroatoms. The van der Waals surface area contributed by atoms with Crippen LogP contribution in [0.4, 0.5) is 13.2 Å². The first-order chi connectivity index (χ1) is 28.6. The van der Waals surface area contributed by atoms with Crippen LogP contribution in [0.2, 0.25) is 23.2 Å². The molecule has 0 N–H and O–H groups in total. The van der Waals surface area contributed by atoms with Gasteiger partial charge in [0.1, 0.15) is 30.2 Å². The summed E-state index contributed by atoms with van der Waals surface area (Å²) >= 11 is 6.86. The smallest absolute Gasteiger partial charge is 0.414 e. The molecule has 1 aliphatic heterocycles. The molecule has 1 heterocycles. The van der Waals surface area contributed by atoms with Crippen molar-refractivity contribution in [2.45, 2.75) is 102 Å². The minimum atomic E-state index is -4.80. The van der Waals surface area contributed by atoms with Gasteiger partial charge in [-0.05, 0) is 76.6 Å². The minimum absolute atomic E-state index is 0.0902. The van der Waals surface area contributed by atoms with Crippen LogP contribution < -0.4 is 4.74 Å². The summed E-state index contributed by atoms with van der Waals surface area (Å²) in [5, 5.41) is 0.365. The third-order valence-electron chi connectivity index (χ3n) is 11.3. The molecule has 6 rings (SSSR count). The van der Waals surface area contributed by atoms with Crippen LogP contribution in [-0.4, -0.2) is 52.8 Å². The quantitative estimate of drug-likeness (QED) is 0.0863. The van der Waals surface area contributed by atoms with E-state index in [-0.39, 0.29) is 37.2 Å². The molecule has 0 spiro atoms. The van der Waals surface area contributed by atoms with E-state index in [4.69, 9.17) is 39.7 Å². The average molecular weight is 863 g/mol. The van der Waals surface area contributed by atoms with Crippen LogP contribution in [-0.2, 0) is 60.1 Å². The number of hydrogen-bond acceptors (Lipinski definition) is 7. The van der Waals surface area contributed by atoms with E-state index in [1.165, 1.54) is 12.1 Å². The van der Waals surface area contributed by atoms with Crippen molar-refractivity contribution in [3.8, 4) is 5.75 Å². The molecule has 320 valence electrons. The molecule has 0 aromatic heterocycles. The van der Waals surface area contributed by atoms with Gasteiger partial charge in [-0.3, -0.25) is 0 Å². The molecular weight excluding hydrogens is 809 g/mol.